The summed E-state index contributed by atoms with van der Waals surface area (Å²) < 4.78 is 36.5. The van der Waals surface area contributed by atoms with Gasteiger partial charge in [-0.1, -0.05) is 26.8 Å². The second kappa shape index (κ2) is 8.06. The van der Waals surface area contributed by atoms with Crippen LogP contribution < -0.4 is 4.74 Å². The average Bonchev–Trinajstić information content (AvgIpc) is 3.01. The van der Waals surface area contributed by atoms with Crippen molar-refractivity contribution in [1.29, 1.82) is 5.26 Å². The van der Waals surface area contributed by atoms with Crippen LogP contribution in [-0.2, 0) is 11.0 Å². The fourth-order valence-electron chi connectivity index (χ4n) is 3.05. The molecule has 0 spiro atoms. The van der Waals surface area contributed by atoms with E-state index in [9.17, 15) is 8.78 Å². The first kappa shape index (κ1) is 20.9. The minimum absolute atomic E-state index is 0.0415. The molecule has 1 aliphatic rings. The Kier molecular flexibility index (Phi) is 6.46. The zero-order valence-corrected chi connectivity index (χ0v) is 17.3. The third-order valence-electron chi connectivity index (χ3n) is 5.78. The van der Waals surface area contributed by atoms with E-state index in [1.54, 1.807) is 6.07 Å². The molecule has 0 N–H and O–H groups in total. The minimum atomic E-state index is -2.86. The zero-order chi connectivity index (χ0) is 19.5. The van der Waals surface area contributed by atoms with Crippen LogP contribution in [0.5, 0.6) is 5.75 Å². The number of rotatable bonds is 6. The lowest BCUT2D eigenvalue weighted by Gasteiger charge is -2.36. The second-order valence-corrected chi connectivity index (χ2v) is 13.4. The van der Waals surface area contributed by atoms with E-state index in [4.69, 9.17) is 14.4 Å². The highest BCUT2D eigenvalue weighted by Crippen LogP contribution is 2.41. The van der Waals surface area contributed by atoms with Gasteiger partial charge in [-0.3, -0.25) is 0 Å². The number of alkyl halides is 2. The van der Waals surface area contributed by atoms with Crippen molar-refractivity contribution in [2.75, 3.05) is 0 Å². The van der Waals surface area contributed by atoms with Crippen LogP contribution in [0.25, 0.3) is 0 Å². The van der Waals surface area contributed by atoms with Crippen LogP contribution in [0.3, 0.4) is 0 Å². The quantitative estimate of drug-likeness (QED) is 0.550. The number of ether oxygens (including phenoxy) is 1. The summed E-state index contributed by atoms with van der Waals surface area (Å²) in [5.41, 5.74) is 1.74. The fraction of sp³-hybridized carbons (Fsp3) is 0.650. The van der Waals surface area contributed by atoms with Gasteiger partial charge in [0.2, 0.25) is 0 Å². The highest BCUT2D eigenvalue weighted by molar-refractivity contribution is 6.74. The normalized spacial score (nSPS) is 21.0. The number of benzene rings is 1. The monoisotopic (exact) mass is 381 g/mol. The van der Waals surface area contributed by atoms with Crippen LogP contribution in [0.1, 0.15) is 57.1 Å². The molecule has 0 aliphatic heterocycles. The Morgan fingerprint density at radius 1 is 1.27 bits per heavy atom. The summed E-state index contributed by atoms with van der Waals surface area (Å²) in [5.74, 6) is 0.563. The Hall–Kier alpha value is -1.45. The van der Waals surface area contributed by atoms with E-state index in [2.05, 4.69) is 39.9 Å². The first-order chi connectivity index (χ1) is 12.0. The van der Waals surface area contributed by atoms with E-state index in [1.807, 2.05) is 12.1 Å². The number of hydrogen-bond acceptors (Lipinski definition) is 3. The van der Waals surface area contributed by atoms with Gasteiger partial charge in [-0.2, -0.15) is 14.0 Å². The van der Waals surface area contributed by atoms with Crippen LogP contribution in [0.4, 0.5) is 8.78 Å². The maximum Gasteiger partial charge on any atom is 0.387 e. The number of hydrogen-bond donors (Lipinski definition) is 0. The molecule has 26 heavy (non-hydrogen) atoms. The van der Waals surface area contributed by atoms with Crippen LogP contribution in [0.2, 0.25) is 18.1 Å². The molecule has 0 radical (unpaired) electrons. The number of nitriles is 1. The maximum absolute atomic E-state index is 12.8. The van der Waals surface area contributed by atoms with Crippen molar-refractivity contribution in [3.8, 4) is 11.8 Å². The van der Waals surface area contributed by atoms with E-state index >= 15 is 0 Å². The van der Waals surface area contributed by atoms with Crippen molar-refractivity contribution >= 4 is 8.32 Å². The fourth-order valence-corrected chi connectivity index (χ4v) is 4.00. The Bertz CT molecular complexity index is 665. The minimum Gasteiger partial charge on any atom is -0.434 e. The largest absolute Gasteiger partial charge is 0.434 e. The molecule has 0 aromatic heterocycles. The van der Waals surface area contributed by atoms with E-state index in [0.717, 1.165) is 24.8 Å². The van der Waals surface area contributed by atoms with Gasteiger partial charge in [-0.15, -0.1) is 0 Å². The van der Waals surface area contributed by atoms with Gasteiger partial charge in [-0.25, -0.2) is 0 Å². The molecule has 0 bridgehead atoms. The Balaban J connectivity index is 2.23. The molecule has 0 amide bonds. The third-order valence-corrected chi connectivity index (χ3v) is 10.3. The van der Waals surface area contributed by atoms with E-state index in [0.29, 0.717) is 11.5 Å². The molecule has 0 heterocycles. The SMILES string of the molecule is CC(C)(C)[Si](C)(C)OCc1cc(C2CCC(C#N)C2)ccc1OC(F)F. The molecule has 1 fully saturated rings. The zero-order valence-electron chi connectivity index (χ0n) is 16.3. The van der Waals surface area contributed by atoms with Crippen molar-refractivity contribution in [3.63, 3.8) is 0 Å². The summed E-state index contributed by atoms with van der Waals surface area (Å²) in [6.07, 6.45) is 2.68. The predicted octanol–water partition coefficient (Wildman–Crippen LogP) is 6.22. The molecule has 2 atom stereocenters. The number of nitrogens with zero attached hydrogens (tertiary/aromatic N) is 1. The molecule has 3 nitrogen and oxygen atoms in total. The van der Waals surface area contributed by atoms with Crippen LogP contribution in [0.15, 0.2) is 18.2 Å². The van der Waals surface area contributed by atoms with Gasteiger partial charge < -0.3 is 9.16 Å². The molecular weight excluding hydrogens is 352 g/mol. The number of halogens is 2. The molecule has 144 valence electrons. The van der Waals surface area contributed by atoms with Gasteiger partial charge in [0, 0.05) is 11.5 Å². The van der Waals surface area contributed by atoms with Crippen molar-refractivity contribution in [2.24, 2.45) is 5.92 Å². The lowest BCUT2D eigenvalue weighted by Crippen LogP contribution is -2.40. The highest BCUT2D eigenvalue weighted by atomic mass is 28.4. The first-order valence-corrected chi connectivity index (χ1v) is 12.1. The lowest BCUT2D eigenvalue weighted by atomic mass is 9.95. The van der Waals surface area contributed by atoms with Crippen LogP contribution >= 0.6 is 0 Å². The Morgan fingerprint density at radius 3 is 2.50 bits per heavy atom. The molecule has 1 aromatic rings. The van der Waals surface area contributed by atoms with Crippen LogP contribution in [0, 0.1) is 17.2 Å². The lowest BCUT2D eigenvalue weighted by molar-refractivity contribution is -0.0509. The summed E-state index contributed by atoms with van der Waals surface area (Å²) >= 11 is 0. The highest BCUT2D eigenvalue weighted by Gasteiger charge is 2.37. The first-order valence-electron chi connectivity index (χ1n) is 9.14. The molecule has 1 aliphatic carbocycles. The molecule has 2 rings (SSSR count). The molecule has 1 saturated carbocycles. The maximum atomic E-state index is 12.8. The summed E-state index contributed by atoms with van der Waals surface area (Å²) in [6, 6.07) is 7.72. The average molecular weight is 382 g/mol. The molecule has 1 aromatic carbocycles. The topological polar surface area (TPSA) is 42.2 Å². The molecule has 0 saturated heterocycles. The van der Waals surface area contributed by atoms with Gasteiger partial charge in [0.25, 0.3) is 0 Å². The van der Waals surface area contributed by atoms with Gasteiger partial charge >= 0.3 is 6.61 Å². The van der Waals surface area contributed by atoms with Crippen molar-refractivity contribution in [2.45, 2.75) is 77.3 Å². The van der Waals surface area contributed by atoms with E-state index in [1.165, 1.54) is 0 Å². The second-order valence-electron chi connectivity index (χ2n) is 8.63. The molecule has 2 unspecified atom stereocenters. The van der Waals surface area contributed by atoms with Gasteiger partial charge in [-0.05, 0) is 61.0 Å². The molecular formula is C20H29F2NO2Si. The summed E-state index contributed by atoms with van der Waals surface area (Å²) in [4.78, 5) is 0. The summed E-state index contributed by atoms with van der Waals surface area (Å²) in [6.45, 7) is 8.12. The van der Waals surface area contributed by atoms with Crippen LogP contribution in [-0.4, -0.2) is 14.9 Å². The van der Waals surface area contributed by atoms with E-state index in [-0.39, 0.29) is 23.3 Å². The third kappa shape index (κ3) is 5.05. The Labute approximate surface area is 156 Å². The standard InChI is InChI=1S/C20H29F2NO2Si/c1-20(2,3)26(4,5)24-13-17-11-16(8-9-18(17)25-19(21)22)15-7-6-14(10-15)12-23/h8-9,11,14-15,19H,6-7,10,13H2,1-5H3. The predicted molar refractivity (Wildman–Crippen MR) is 101 cm³/mol. The van der Waals surface area contributed by atoms with Crippen molar-refractivity contribution in [3.05, 3.63) is 29.3 Å². The van der Waals surface area contributed by atoms with Crippen molar-refractivity contribution < 1.29 is 17.9 Å². The smallest absolute Gasteiger partial charge is 0.387 e. The van der Waals surface area contributed by atoms with Gasteiger partial charge in [0.15, 0.2) is 8.32 Å². The van der Waals surface area contributed by atoms with Crippen molar-refractivity contribution in [1.82, 2.24) is 0 Å². The molecule has 6 heteroatoms. The summed E-state index contributed by atoms with van der Waals surface area (Å²) in [7, 11) is -2.00. The Morgan fingerprint density at radius 2 is 1.96 bits per heavy atom. The van der Waals surface area contributed by atoms with Gasteiger partial charge in [0.1, 0.15) is 5.75 Å². The summed E-state index contributed by atoms with van der Waals surface area (Å²) in [5, 5.41) is 9.15. The van der Waals surface area contributed by atoms with Gasteiger partial charge in [0.05, 0.1) is 12.7 Å². The van der Waals surface area contributed by atoms with E-state index < -0.39 is 14.9 Å².